The molecule has 1 heterocycles. The van der Waals surface area contributed by atoms with Crippen molar-refractivity contribution in [3.63, 3.8) is 0 Å². The molecule has 0 fully saturated rings. The molecule has 0 saturated heterocycles. The fourth-order valence-electron chi connectivity index (χ4n) is 1.39. The molecule has 0 aliphatic carbocycles. The fraction of sp³-hybridized carbons (Fsp3) is 0.0833. The number of thioether (sulfide) groups is 1. The van der Waals surface area contributed by atoms with Crippen LogP contribution in [0.5, 0.6) is 0 Å². The maximum atomic E-state index is 9.15. The molecule has 0 aliphatic heterocycles. The van der Waals surface area contributed by atoms with Crippen LogP contribution >= 0.6 is 23.4 Å². The van der Waals surface area contributed by atoms with Crippen LogP contribution in [0.3, 0.4) is 0 Å². The summed E-state index contributed by atoms with van der Waals surface area (Å²) in [7, 11) is 0. The third-order valence-corrected chi connectivity index (χ3v) is 3.17. The fourth-order valence-corrected chi connectivity index (χ4v) is 2.01. The van der Waals surface area contributed by atoms with E-state index in [4.69, 9.17) is 16.9 Å². The van der Waals surface area contributed by atoms with E-state index >= 15 is 0 Å². The summed E-state index contributed by atoms with van der Waals surface area (Å²) < 4.78 is 0. The van der Waals surface area contributed by atoms with Gasteiger partial charge in [0.05, 0.1) is 0 Å². The molecule has 1 aromatic heterocycles. The van der Waals surface area contributed by atoms with Crippen LogP contribution < -0.4 is 5.32 Å². The Morgan fingerprint density at radius 3 is 2.61 bits per heavy atom. The van der Waals surface area contributed by atoms with Crippen LogP contribution in [-0.4, -0.2) is 16.2 Å². The minimum atomic E-state index is 0.444. The topological polar surface area (TPSA) is 61.6 Å². The SMILES string of the molecule is CSc1ncnc(Nc2ccc(Cl)cc2)c1C#N. The first-order chi connectivity index (χ1) is 8.74. The normalized spacial score (nSPS) is 9.83. The molecule has 0 radical (unpaired) electrons. The van der Waals surface area contributed by atoms with Crippen molar-refractivity contribution in [3.05, 3.63) is 41.2 Å². The van der Waals surface area contributed by atoms with E-state index in [9.17, 15) is 0 Å². The van der Waals surface area contributed by atoms with Crippen LogP contribution in [0.15, 0.2) is 35.6 Å². The van der Waals surface area contributed by atoms with Gasteiger partial charge in [-0.25, -0.2) is 9.97 Å². The molecule has 0 aliphatic rings. The molecule has 90 valence electrons. The van der Waals surface area contributed by atoms with Gasteiger partial charge in [-0.15, -0.1) is 11.8 Å². The molecule has 0 unspecified atom stereocenters. The quantitative estimate of drug-likeness (QED) is 0.687. The van der Waals surface area contributed by atoms with Gasteiger partial charge in [0.25, 0.3) is 0 Å². The maximum absolute atomic E-state index is 9.15. The lowest BCUT2D eigenvalue weighted by atomic mass is 10.3. The number of nitrogens with zero attached hydrogens (tertiary/aromatic N) is 3. The summed E-state index contributed by atoms with van der Waals surface area (Å²) in [6, 6.07) is 9.30. The van der Waals surface area contributed by atoms with Gasteiger partial charge in [-0.1, -0.05) is 11.6 Å². The van der Waals surface area contributed by atoms with Crippen molar-refractivity contribution in [1.82, 2.24) is 9.97 Å². The highest BCUT2D eigenvalue weighted by atomic mass is 35.5. The largest absolute Gasteiger partial charge is 0.339 e. The van der Waals surface area contributed by atoms with E-state index in [2.05, 4.69) is 21.4 Å². The van der Waals surface area contributed by atoms with Crippen molar-refractivity contribution >= 4 is 34.9 Å². The summed E-state index contributed by atoms with van der Waals surface area (Å²) in [6.45, 7) is 0. The van der Waals surface area contributed by atoms with Gasteiger partial charge in [-0.3, -0.25) is 0 Å². The summed E-state index contributed by atoms with van der Waals surface area (Å²) in [6.07, 6.45) is 3.31. The smallest absolute Gasteiger partial charge is 0.152 e. The zero-order valence-corrected chi connectivity index (χ0v) is 11.1. The van der Waals surface area contributed by atoms with Crippen LogP contribution in [0.2, 0.25) is 5.02 Å². The van der Waals surface area contributed by atoms with Gasteiger partial charge < -0.3 is 5.32 Å². The van der Waals surface area contributed by atoms with E-state index in [-0.39, 0.29) is 0 Å². The Morgan fingerprint density at radius 2 is 2.00 bits per heavy atom. The summed E-state index contributed by atoms with van der Waals surface area (Å²) in [4.78, 5) is 8.14. The summed E-state index contributed by atoms with van der Waals surface area (Å²) >= 11 is 7.22. The van der Waals surface area contributed by atoms with Crippen molar-refractivity contribution < 1.29 is 0 Å². The molecule has 4 nitrogen and oxygen atoms in total. The molecule has 0 atom stereocenters. The lowest BCUT2D eigenvalue weighted by molar-refractivity contribution is 1.03. The molecule has 2 rings (SSSR count). The molecule has 6 heteroatoms. The van der Waals surface area contributed by atoms with E-state index < -0.39 is 0 Å². The Bertz CT molecular complexity index is 592. The highest BCUT2D eigenvalue weighted by molar-refractivity contribution is 7.98. The van der Waals surface area contributed by atoms with Crippen molar-refractivity contribution in [3.8, 4) is 6.07 Å². The van der Waals surface area contributed by atoms with Gasteiger partial charge >= 0.3 is 0 Å². The first-order valence-corrected chi connectivity index (χ1v) is 6.66. The number of rotatable bonds is 3. The third-order valence-electron chi connectivity index (χ3n) is 2.22. The summed E-state index contributed by atoms with van der Waals surface area (Å²) in [5.74, 6) is 0.499. The van der Waals surface area contributed by atoms with Crippen molar-refractivity contribution in [2.75, 3.05) is 11.6 Å². The standard InChI is InChI=1S/C12H9ClN4S/c1-18-12-10(6-14)11(15-7-16-12)17-9-4-2-8(13)3-5-9/h2-5,7H,1H3,(H,15,16,17). The Morgan fingerprint density at radius 1 is 1.28 bits per heavy atom. The number of benzene rings is 1. The zero-order valence-electron chi connectivity index (χ0n) is 9.51. The van der Waals surface area contributed by atoms with Crippen molar-refractivity contribution in [2.45, 2.75) is 5.03 Å². The monoisotopic (exact) mass is 276 g/mol. The van der Waals surface area contributed by atoms with Crippen molar-refractivity contribution in [1.29, 1.82) is 5.26 Å². The van der Waals surface area contributed by atoms with Crippen LogP contribution in [0.4, 0.5) is 11.5 Å². The Kier molecular flexibility index (Phi) is 4.03. The Hall–Kier alpha value is -1.77. The maximum Gasteiger partial charge on any atom is 0.152 e. The number of hydrogen-bond donors (Lipinski definition) is 1. The minimum Gasteiger partial charge on any atom is -0.339 e. The predicted octanol–water partition coefficient (Wildman–Crippen LogP) is 3.47. The first kappa shape index (κ1) is 12.7. The minimum absolute atomic E-state index is 0.444. The molecule has 1 N–H and O–H groups in total. The third kappa shape index (κ3) is 2.73. The van der Waals surface area contributed by atoms with Gasteiger partial charge in [0.1, 0.15) is 23.0 Å². The Labute approximate surface area is 114 Å². The lowest BCUT2D eigenvalue weighted by Crippen LogP contribution is -1.99. The second-order valence-corrected chi connectivity index (χ2v) is 4.58. The highest BCUT2D eigenvalue weighted by Crippen LogP contribution is 2.25. The zero-order chi connectivity index (χ0) is 13.0. The van der Waals surface area contributed by atoms with Gasteiger partial charge in [0.2, 0.25) is 0 Å². The number of hydrogen-bond acceptors (Lipinski definition) is 5. The van der Waals surface area contributed by atoms with E-state index in [0.717, 1.165) is 5.69 Å². The van der Waals surface area contributed by atoms with Gasteiger partial charge in [0, 0.05) is 10.7 Å². The average molecular weight is 277 g/mol. The second kappa shape index (κ2) is 5.71. The number of halogens is 1. The molecule has 0 amide bonds. The number of aromatic nitrogens is 2. The molecule has 0 saturated carbocycles. The number of nitriles is 1. The van der Waals surface area contributed by atoms with Crippen LogP contribution in [0.25, 0.3) is 0 Å². The van der Waals surface area contributed by atoms with Crippen LogP contribution in [0.1, 0.15) is 5.56 Å². The lowest BCUT2D eigenvalue weighted by Gasteiger charge is -2.08. The molecule has 18 heavy (non-hydrogen) atoms. The van der Waals surface area contributed by atoms with Crippen LogP contribution in [0, 0.1) is 11.3 Å². The number of nitrogens with one attached hydrogen (secondary N) is 1. The first-order valence-electron chi connectivity index (χ1n) is 5.06. The second-order valence-electron chi connectivity index (χ2n) is 3.35. The number of anilines is 2. The molecule has 1 aromatic carbocycles. The van der Waals surface area contributed by atoms with E-state index in [1.165, 1.54) is 18.1 Å². The molecule has 0 bridgehead atoms. The van der Waals surface area contributed by atoms with Gasteiger partial charge in [-0.2, -0.15) is 5.26 Å². The highest BCUT2D eigenvalue weighted by Gasteiger charge is 2.10. The summed E-state index contributed by atoms with van der Waals surface area (Å²) in [5, 5.41) is 13.5. The van der Waals surface area contributed by atoms with Gasteiger partial charge in [0.15, 0.2) is 5.82 Å². The molecular weight excluding hydrogens is 268 g/mol. The molecule has 2 aromatic rings. The predicted molar refractivity (Wildman–Crippen MR) is 73.3 cm³/mol. The average Bonchev–Trinajstić information content (AvgIpc) is 2.41. The molecule has 0 spiro atoms. The van der Waals surface area contributed by atoms with Crippen molar-refractivity contribution in [2.24, 2.45) is 0 Å². The van der Waals surface area contributed by atoms with E-state index in [1.807, 2.05) is 18.4 Å². The van der Waals surface area contributed by atoms with Gasteiger partial charge in [-0.05, 0) is 30.5 Å². The van der Waals surface area contributed by atoms with Crippen LogP contribution in [-0.2, 0) is 0 Å². The Balaban J connectivity index is 2.35. The van der Waals surface area contributed by atoms with E-state index in [0.29, 0.717) is 21.4 Å². The molecular formula is C12H9ClN4S. The van der Waals surface area contributed by atoms with E-state index in [1.54, 1.807) is 12.1 Å². The summed E-state index contributed by atoms with van der Waals surface area (Å²) in [5.41, 5.74) is 1.27.